The van der Waals surface area contributed by atoms with Gasteiger partial charge in [0.15, 0.2) is 4.34 Å². The maximum Gasteiger partial charge on any atom is 0.237 e. The van der Waals surface area contributed by atoms with Crippen LogP contribution in [0, 0.1) is 0 Å². The molecule has 5 nitrogen and oxygen atoms in total. The second-order valence-corrected chi connectivity index (χ2v) is 7.29. The number of nitrogens with two attached hydrogens (primary N) is 1. The maximum atomic E-state index is 12.2. The molecule has 1 amide bonds. The molecule has 1 aromatic carbocycles. The van der Waals surface area contributed by atoms with Crippen LogP contribution in [0.1, 0.15) is 13.3 Å². The first kappa shape index (κ1) is 15.3. The summed E-state index contributed by atoms with van der Waals surface area (Å²) >= 11 is 6.03. The molecule has 1 aromatic heterocycles. The Kier molecular flexibility index (Phi) is 5.38. The van der Waals surface area contributed by atoms with Gasteiger partial charge in [-0.1, -0.05) is 46.0 Å². The van der Waals surface area contributed by atoms with Crippen molar-refractivity contribution in [2.45, 2.75) is 22.9 Å². The van der Waals surface area contributed by atoms with E-state index in [0.29, 0.717) is 15.9 Å². The van der Waals surface area contributed by atoms with Crippen LogP contribution in [0.4, 0.5) is 10.8 Å². The number of hydrogen-bond acceptors (Lipinski definition) is 6. The predicted octanol–water partition coefficient (Wildman–Crippen LogP) is 3.39. The Morgan fingerprint density at radius 3 is 2.70 bits per heavy atom. The standard InChI is InChI=1S/C12H13BrN4OS2/c1-2-9(19-12-17-16-11(14)20-12)10(18)15-8-5-3-7(13)4-6-8/h3-6,9H,2H2,1H3,(H2,14,16)(H,15,18)/t9-/m0/s1. The van der Waals surface area contributed by atoms with E-state index in [1.54, 1.807) is 0 Å². The summed E-state index contributed by atoms with van der Waals surface area (Å²) in [6.07, 6.45) is 0.701. The topological polar surface area (TPSA) is 80.9 Å². The number of thioether (sulfide) groups is 1. The highest BCUT2D eigenvalue weighted by Gasteiger charge is 2.20. The summed E-state index contributed by atoms with van der Waals surface area (Å²) in [5.74, 6) is -0.0476. The van der Waals surface area contributed by atoms with Gasteiger partial charge in [-0.25, -0.2) is 0 Å². The molecule has 0 aliphatic heterocycles. The van der Waals surface area contributed by atoms with E-state index in [2.05, 4.69) is 31.4 Å². The Bertz CT molecular complexity index is 587. The van der Waals surface area contributed by atoms with E-state index in [1.165, 1.54) is 23.1 Å². The maximum absolute atomic E-state index is 12.2. The van der Waals surface area contributed by atoms with E-state index < -0.39 is 0 Å². The molecule has 0 aliphatic carbocycles. The number of carbonyl (C=O) groups is 1. The number of aromatic nitrogens is 2. The van der Waals surface area contributed by atoms with E-state index in [0.717, 1.165) is 10.2 Å². The summed E-state index contributed by atoms with van der Waals surface area (Å²) < 4.78 is 1.68. The van der Waals surface area contributed by atoms with Gasteiger partial charge in [-0.05, 0) is 30.7 Å². The average molecular weight is 373 g/mol. The van der Waals surface area contributed by atoms with Gasteiger partial charge < -0.3 is 11.1 Å². The molecule has 0 radical (unpaired) electrons. The summed E-state index contributed by atoms with van der Waals surface area (Å²) in [5.41, 5.74) is 6.31. The van der Waals surface area contributed by atoms with E-state index >= 15 is 0 Å². The minimum Gasteiger partial charge on any atom is -0.374 e. The van der Waals surface area contributed by atoms with Crippen molar-refractivity contribution < 1.29 is 4.79 Å². The molecule has 1 atom stereocenters. The Morgan fingerprint density at radius 1 is 1.45 bits per heavy atom. The number of hydrogen-bond donors (Lipinski definition) is 2. The van der Waals surface area contributed by atoms with E-state index in [1.807, 2.05) is 31.2 Å². The minimum absolute atomic E-state index is 0.0476. The number of rotatable bonds is 5. The summed E-state index contributed by atoms with van der Waals surface area (Å²) in [7, 11) is 0. The number of nitrogen functional groups attached to an aromatic ring is 1. The van der Waals surface area contributed by atoms with Crippen LogP contribution in [-0.2, 0) is 4.79 Å². The van der Waals surface area contributed by atoms with Crippen molar-refractivity contribution in [3.63, 3.8) is 0 Å². The number of anilines is 2. The van der Waals surface area contributed by atoms with Crippen molar-refractivity contribution in [3.8, 4) is 0 Å². The molecule has 20 heavy (non-hydrogen) atoms. The summed E-state index contributed by atoms with van der Waals surface area (Å²) in [4.78, 5) is 12.2. The van der Waals surface area contributed by atoms with Crippen molar-refractivity contribution in [2.75, 3.05) is 11.1 Å². The Balaban J connectivity index is 2.00. The van der Waals surface area contributed by atoms with Crippen molar-refractivity contribution in [2.24, 2.45) is 0 Å². The van der Waals surface area contributed by atoms with Gasteiger partial charge in [0.25, 0.3) is 0 Å². The van der Waals surface area contributed by atoms with Crippen LogP contribution in [0.25, 0.3) is 0 Å². The third-order valence-corrected chi connectivity index (χ3v) is 5.17. The largest absolute Gasteiger partial charge is 0.374 e. The highest BCUT2D eigenvalue weighted by Crippen LogP contribution is 2.29. The third kappa shape index (κ3) is 4.19. The number of nitrogens with zero attached hydrogens (tertiary/aromatic N) is 2. The molecule has 0 bridgehead atoms. The van der Waals surface area contributed by atoms with Gasteiger partial charge in [-0.3, -0.25) is 4.79 Å². The normalized spacial score (nSPS) is 12.1. The van der Waals surface area contributed by atoms with Gasteiger partial charge in [0.1, 0.15) is 0 Å². The summed E-state index contributed by atoms with van der Waals surface area (Å²) in [6, 6.07) is 7.47. The molecule has 106 valence electrons. The van der Waals surface area contributed by atoms with Crippen molar-refractivity contribution >= 4 is 55.8 Å². The van der Waals surface area contributed by atoms with Gasteiger partial charge >= 0.3 is 0 Å². The van der Waals surface area contributed by atoms with Crippen LogP contribution >= 0.6 is 39.0 Å². The molecule has 2 rings (SSSR count). The monoisotopic (exact) mass is 372 g/mol. The Labute approximate surface area is 133 Å². The average Bonchev–Trinajstić information content (AvgIpc) is 2.84. The van der Waals surface area contributed by atoms with Gasteiger partial charge in [-0.15, -0.1) is 10.2 Å². The lowest BCUT2D eigenvalue weighted by Crippen LogP contribution is -2.24. The zero-order valence-corrected chi connectivity index (χ0v) is 13.9. The van der Waals surface area contributed by atoms with Crippen LogP contribution in [0.5, 0.6) is 0 Å². The van der Waals surface area contributed by atoms with Crippen LogP contribution in [0.3, 0.4) is 0 Å². The quantitative estimate of drug-likeness (QED) is 0.786. The van der Waals surface area contributed by atoms with Gasteiger partial charge in [-0.2, -0.15) is 0 Å². The fraction of sp³-hybridized carbons (Fsp3) is 0.250. The van der Waals surface area contributed by atoms with E-state index in [4.69, 9.17) is 5.73 Å². The van der Waals surface area contributed by atoms with Crippen LogP contribution in [0.15, 0.2) is 33.1 Å². The lowest BCUT2D eigenvalue weighted by molar-refractivity contribution is -0.115. The molecule has 0 fully saturated rings. The summed E-state index contributed by atoms with van der Waals surface area (Å²) in [5, 5.41) is 10.8. The fourth-order valence-electron chi connectivity index (χ4n) is 1.47. The first-order chi connectivity index (χ1) is 9.58. The lowest BCUT2D eigenvalue weighted by Gasteiger charge is -2.13. The minimum atomic E-state index is -0.217. The second kappa shape index (κ2) is 7.05. The number of benzene rings is 1. The molecule has 1 heterocycles. The highest BCUT2D eigenvalue weighted by molar-refractivity contribution is 9.10. The van der Waals surface area contributed by atoms with Crippen LogP contribution in [0.2, 0.25) is 0 Å². The SMILES string of the molecule is CC[C@H](Sc1nnc(N)s1)C(=O)Nc1ccc(Br)cc1. The summed E-state index contributed by atoms with van der Waals surface area (Å²) in [6.45, 7) is 1.96. The molecule has 0 aliphatic rings. The van der Waals surface area contributed by atoms with Gasteiger partial charge in [0.2, 0.25) is 11.0 Å². The van der Waals surface area contributed by atoms with E-state index in [9.17, 15) is 4.79 Å². The Morgan fingerprint density at radius 2 is 2.15 bits per heavy atom. The van der Waals surface area contributed by atoms with Crippen molar-refractivity contribution in [1.29, 1.82) is 0 Å². The molecular formula is C12H13BrN4OS2. The highest BCUT2D eigenvalue weighted by atomic mass is 79.9. The molecular weight excluding hydrogens is 360 g/mol. The first-order valence-electron chi connectivity index (χ1n) is 5.90. The third-order valence-electron chi connectivity index (χ3n) is 2.44. The molecule has 0 saturated heterocycles. The number of nitrogens with one attached hydrogen (secondary N) is 1. The lowest BCUT2D eigenvalue weighted by atomic mass is 10.3. The van der Waals surface area contributed by atoms with Gasteiger partial charge in [0.05, 0.1) is 5.25 Å². The Hall–Kier alpha value is -1.12. The van der Waals surface area contributed by atoms with Crippen molar-refractivity contribution in [1.82, 2.24) is 10.2 Å². The van der Waals surface area contributed by atoms with Crippen molar-refractivity contribution in [3.05, 3.63) is 28.7 Å². The molecule has 0 spiro atoms. The first-order valence-corrected chi connectivity index (χ1v) is 8.39. The number of halogens is 1. The molecule has 2 aromatic rings. The fourth-order valence-corrected chi connectivity index (χ4v) is 3.54. The van der Waals surface area contributed by atoms with E-state index in [-0.39, 0.29) is 11.2 Å². The number of amides is 1. The zero-order valence-electron chi connectivity index (χ0n) is 10.7. The van der Waals surface area contributed by atoms with Crippen LogP contribution in [-0.4, -0.2) is 21.4 Å². The van der Waals surface area contributed by atoms with Gasteiger partial charge in [0, 0.05) is 10.2 Å². The molecule has 3 N–H and O–H groups in total. The zero-order chi connectivity index (χ0) is 14.5. The predicted molar refractivity (Wildman–Crippen MR) is 87.0 cm³/mol. The smallest absolute Gasteiger partial charge is 0.237 e. The number of carbonyl (C=O) groups excluding carboxylic acids is 1. The van der Waals surface area contributed by atoms with Crippen LogP contribution < -0.4 is 11.1 Å². The second-order valence-electron chi connectivity index (χ2n) is 3.92. The molecule has 8 heteroatoms. The molecule has 0 unspecified atom stereocenters. The molecule has 0 saturated carbocycles.